The lowest BCUT2D eigenvalue weighted by Crippen LogP contribution is -2.75. The van der Waals surface area contributed by atoms with Crippen LogP contribution in [-0.2, 0) is 0 Å². The van der Waals surface area contributed by atoms with Crippen LogP contribution in [0.3, 0.4) is 0 Å². The summed E-state index contributed by atoms with van der Waals surface area (Å²) in [5.74, 6) is 0. The molecule has 214 valence electrons. The smallest absolute Gasteiger partial charge is 0.0877 e. The molecule has 2 heteroatoms. The van der Waals surface area contributed by atoms with Gasteiger partial charge in [-0.2, -0.15) is 0 Å². The molecule has 6 rings (SSSR count). The Morgan fingerprint density at radius 1 is 0.386 bits per heavy atom. The normalized spacial score (nSPS) is 12.4. The van der Waals surface area contributed by atoms with Crippen molar-refractivity contribution in [1.82, 2.24) is 0 Å². The molecule has 0 N–H and O–H groups in total. The Morgan fingerprint density at radius 2 is 0.659 bits per heavy atom. The van der Waals surface area contributed by atoms with Crippen molar-refractivity contribution >= 4 is 52.5 Å². The summed E-state index contributed by atoms with van der Waals surface area (Å²) >= 11 is 0. The summed E-state index contributed by atoms with van der Waals surface area (Å²) in [6.45, 7) is 4.42. The summed E-state index contributed by atoms with van der Waals surface area (Å²) < 4.78 is 0. The minimum Gasteiger partial charge on any atom is -0.0877 e. The third-order valence-corrected chi connectivity index (χ3v) is 18.7. The molecular weight excluding hydrogens is 561 g/mol. The summed E-state index contributed by atoms with van der Waals surface area (Å²) in [5, 5.41) is 11.2. The van der Waals surface area contributed by atoms with Gasteiger partial charge in [0.2, 0.25) is 0 Å². The fraction of sp³-hybridized carbons (Fsp3) is 0.0476. The fourth-order valence-corrected chi connectivity index (χ4v) is 16.5. The summed E-state index contributed by atoms with van der Waals surface area (Å²) in [4.78, 5) is 0. The second-order valence-electron chi connectivity index (χ2n) is 11.3. The van der Waals surface area contributed by atoms with E-state index in [-0.39, 0.29) is 0 Å². The zero-order valence-electron chi connectivity index (χ0n) is 25.5. The first kappa shape index (κ1) is 29.3. The maximum absolute atomic E-state index is 2.60. The maximum atomic E-state index is 2.45. The molecule has 0 aliphatic heterocycles. The molecule has 0 atom stereocenters. The molecule has 0 saturated heterocycles. The van der Waals surface area contributed by atoms with Gasteiger partial charge in [-0.3, -0.25) is 0 Å². The molecule has 0 unspecified atom stereocenters. The highest BCUT2D eigenvalue weighted by molar-refractivity contribution is 7.20. The lowest BCUT2D eigenvalue weighted by atomic mass is 10.3. The summed E-state index contributed by atoms with van der Waals surface area (Å²) in [7, 11) is -5.16. The average molecular weight is 599 g/mol. The van der Waals surface area contributed by atoms with E-state index < -0.39 is 16.1 Å². The molecular formula is C42H38Si2. The van der Waals surface area contributed by atoms with Crippen molar-refractivity contribution in [2.24, 2.45) is 0 Å². The Bertz CT molecular complexity index is 1690. The molecule has 0 radical (unpaired) electrons. The maximum Gasteiger partial charge on any atom is 0.179 e. The van der Waals surface area contributed by atoms with Crippen LogP contribution < -0.4 is 36.3 Å². The number of hydrogen-bond acceptors (Lipinski definition) is 0. The van der Waals surface area contributed by atoms with Crippen LogP contribution in [0.2, 0.25) is 0 Å². The minimum atomic E-state index is -2.60. The van der Waals surface area contributed by atoms with Gasteiger partial charge in [-0.15, -0.1) is 0 Å². The molecule has 0 bridgehead atoms. The van der Waals surface area contributed by atoms with Crippen molar-refractivity contribution in [2.45, 2.75) is 13.8 Å². The zero-order chi connectivity index (χ0) is 30.2. The van der Waals surface area contributed by atoms with Gasteiger partial charge in [0.1, 0.15) is 0 Å². The van der Waals surface area contributed by atoms with Gasteiger partial charge >= 0.3 is 0 Å². The van der Waals surface area contributed by atoms with Crippen molar-refractivity contribution in [1.29, 1.82) is 0 Å². The SMILES string of the molecule is C/C=C\C=C(/C)[Si](c1ccccc1)(c1ccccc1)c1ccc([Si](c2ccccc2)(c2ccccc2)c2ccccc2)cc1. The molecule has 0 aromatic heterocycles. The largest absolute Gasteiger partial charge is 0.179 e. The second kappa shape index (κ2) is 13.3. The molecule has 0 aliphatic carbocycles. The standard InChI is InChI=1S/C42H38Si2/c1-3-4-20-35(2)43(36-21-10-5-11-22-36,37-23-12-6-13-24-37)41-31-33-42(34-32-41)44(38-25-14-7-15-26-38,39-27-16-8-17-28-39)40-29-18-9-19-30-40/h3-34H,1-2H3/b4-3-,35-20+. The Kier molecular flexibility index (Phi) is 8.83. The second-order valence-corrected chi connectivity index (χ2v) is 19.1. The van der Waals surface area contributed by atoms with E-state index >= 15 is 0 Å². The van der Waals surface area contributed by atoms with Crippen molar-refractivity contribution in [2.75, 3.05) is 0 Å². The molecule has 44 heavy (non-hydrogen) atoms. The van der Waals surface area contributed by atoms with Gasteiger partial charge < -0.3 is 0 Å². The number of rotatable bonds is 9. The van der Waals surface area contributed by atoms with Gasteiger partial charge in [-0.25, -0.2) is 0 Å². The van der Waals surface area contributed by atoms with E-state index in [0.717, 1.165) is 0 Å². The van der Waals surface area contributed by atoms with Crippen LogP contribution >= 0.6 is 0 Å². The van der Waals surface area contributed by atoms with Gasteiger partial charge in [0.15, 0.2) is 16.1 Å². The number of benzene rings is 6. The third-order valence-electron chi connectivity index (χ3n) is 8.92. The average Bonchev–Trinajstić information content (AvgIpc) is 3.11. The molecule has 0 fully saturated rings. The van der Waals surface area contributed by atoms with Crippen LogP contribution in [0.15, 0.2) is 199 Å². The van der Waals surface area contributed by atoms with Crippen LogP contribution in [0, 0.1) is 0 Å². The number of allylic oxidation sites excluding steroid dienone is 4. The molecule has 0 nitrogen and oxygen atoms in total. The van der Waals surface area contributed by atoms with E-state index in [1.54, 1.807) is 0 Å². The van der Waals surface area contributed by atoms with Crippen molar-refractivity contribution < 1.29 is 0 Å². The van der Waals surface area contributed by atoms with Gasteiger partial charge in [-0.1, -0.05) is 199 Å². The first-order valence-electron chi connectivity index (χ1n) is 15.4. The minimum absolute atomic E-state index is 1.39. The highest BCUT2D eigenvalue weighted by atomic mass is 28.3. The molecule has 0 saturated carbocycles. The first-order valence-corrected chi connectivity index (χ1v) is 19.4. The van der Waals surface area contributed by atoms with E-state index in [9.17, 15) is 0 Å². The van der Waals surface area contributed by atoms with Crippen LogP contribution in [0.5, 0.6) is 0 Å². The van der Waals surface area contributed by atoms with E-state index in [4.69, 9.17) is 0 Å². The van der Waals surface area contributed by atoms with Gasteiger partial charge in [0.25, 0.3) is 0 Å². The Hall–Kier alpha value is -4.77. The van der Waals surface area contributed by atoms with Crippen LogP contribution in [0.1, 0.15) is 13.8 Å². The predicted molar refractivity (Wildman–Crippen MR) is 196 cm³/mol. The Labute approximate surface area is 264 Å². The molecule has 0 heterocycles. The van der Waals surface area contributed by atoms with Crippen LogP contribution in [-0.4, -0.2) is 16.1 Å². The molecule has 0 aliphatic rings. The first-order chi connectivity index (χ1) is 21.7. The monoisotopic (exact) mass is 598 g/mol. The summed E-state index contributed by atoms with van der Waals surface area (Å²) in [5.41, 5.74) is 0. The van der Waals surface area contributed by atoms with E-state index in [1.807, 2.05) is 0 Å². The fourth-order valence-electron chi connectivity index (χ4n) is 6.96. The predicted octanol–water partition coefficient (Wildman–Crippen LogP) is 5.60. The quantitative estimate of drug-likeness (QED) is 0.116. The third kappa shape index (κ3) is 5.17. The molecule has 0 amide bonds. The summed E-state index contributed by atoms with van der Waals surface area (Å²) in [6, 6.07) is 65.6. The Balaban J connectivity index is 1.66. The lowest BCUT2D eigenvalue weighted by molar-refractivity contribution is 1.56. The molecule has 6 aromatic carbocycles. The van der Waals surface area contributed by atoms with E-state index in [1.165, 1.54) is 41.5 Å². The van der Waals surface area contributed by atoms with E-state index in [2.05, 4.69) is 208 Å². The van der Waals surface area contributed by atoms with Crippen molar-refractivity contribution in [3.05, 3.63) is 199 Å². The zero-order valence-corrected chi connectivity index (χ0v) is 27.5. The topological polar surface area (TPSA) is 0 Å². The van der Waals surface area contributed by atoms with E-state index in [0.29, 0.717) is 0 Å². The van der Waals surface area contributed by atoms with Crippen LogP contribution in [0.4, 0.5) is 0 Å². The van der Waals surface area contributed by atoms with Gasteiger partial charge in [0.05, 0.1) is 0 Å². The lowest BCUT2D eigenvalue weighted by Gasteiger charge is -2.37. The van der Waals surface area contributed by atoms with Crippen LogP contribution in [0.25, 0.3) is 0 Å². The molecule has 0 spiro atoms. The van der Waals surface area contributed by atoms with Crippen molar-refractivity contribution in [3.8, 4) is 0 Å². The molecule has 6 aromatic rings. The summed E-state index contributed by atoms with van der Waals surface area (Å²) in [6.07, 6.45) is 6.65. The van der Waals surface area contributed by atoms with Gasteiger partial charge in [0, 0.05) is 0 Å². The highest BCUT2D eigenvalue weighted by Gasteiger charge is 2.44. The number of hydrogen-bond donors (Lipinski definition) is 0. The Morgan fingerprint density at radius 3 is 1.00 bits per heavy atom. The van der Waals surface area contributed by atoms with Crippen molar-refractivity contribution in [3.63, 3.8) is 0 Å². The van der Waals surface area contributed by atoms with Gasteiger partial charge in [-0.05, 0) is 50.2 Å². The highest BCUT2D eigenvalue weighted by Crippen LogP contribution is 2.18.